The molecule has 3 rings (SSSR count). The normalized spacial score (nSPS) is 16.9. The predicted octanol–water partition coefficient (Wildman–Crippen LogP) is 2.35. The van der Waals surface area contributed by atoms with Gasteiger partial charge in [-0.2, -0.15) is 0 Å². The molecule has 1 aromatic carbocycles. The van der Waals surface area contributed by atoms with Crippen LogP contribution in [0.4, 0.5) is 5.69 Å². The molecular weight excluding hydrogens is 296 g/mol. The predicted molar refractivity (Wildman–Crippen MR) is 81.2 cm³/mol. The van der Waals surface area contributed by atoms with Crippen LogP contribution in [0.25, 0.3) is 0 Å². The van der Waals surface area contributed by atoms with Crippen molar-refractivity contribution >= 4 is 35.5 Å². The molecule has 7 heteroatoms. The van der Waals surface area contributed by atoms with Gasteiger partial charge in [0.05, 0.1) is 6.04 Å². The molecule has 0 radical (unpaired) electrons. The number of halogens is 1. The topological polar surface area (TPSA) is 80.9 Å². The summed E-state index contributed by atoms with van der Waals surface area (Å²) in [4.78, 5) is 12.0. The van der Waals surface area contributed by atoms with Crippen LogP contribution >= 0.6 is 23.9 Å². The maximum Gasteiger partial charge on any atom is 0.273 e. The van der Waals surface area contributed by atoms with Crippen molar-refractivity contribution in [2.45, 2.75) is 25.3 Å². The summed E-state index contributed by atoms with van der Waals surface area (Å²) < 4.78 is 3.71. The lowest BCUT2D eigenvalue weighted by Gasteiger charge is -2.26. The van der Waals surface area contributed by atoms with Crippen molar-refractivity contribution in [3.05, 3.63) is 40.4 Å². The van der Waals surface area contributed by atoms with E-state index in [0.29, 0.717) is 5.69 Å². The van der Waals surface area contributed by atoms with Gasteiger partial charge in [-0.25, -0.2) is 0 Å². The number of hydrogen-bond donors (Lipinski definition) is 2. The number of carbonyl (C=O) groups excluding carboxylic acids is 1. The zero-order valence-corrected chi connectivity index (χ0v) is 12.3. The van der Waals surface area contributed by atoms with Crippen molar-refractivity contribution in [1.82, 2.24) is 14.9 Å². The number of hydrogen-bond acceptors (Lipinski definition) is 5. The van der Waals surface area contributed by atoms with Crippen LogP contribution in [-0.2, 0) is 6.42 Å². The number of nitrogen functional groups attached to an aromatic ring is 1. The maximum absolute atomic E-state index is 12.0. The van der Waals surface area contributed by atoms with Crippen LogP contribution in [0.5, 0.6) is 0 Å². The summed E-state index contributed by atoms with van der Waals surface area (Å²) in [5.41, 5.74) is 9.35. The lowest BCUT2D eigenvalue weighted by molar-refractivity contribution is 0.0927. The monoisotopic (exact) mass is 310 g/mol. The highest BCUT2D eigenvalue weighted by Gasteiger charge is 2.23. The molecular formula is C13H15ClN4OS. The number of aromatic nitrogens is 2. The average molecular weight is 311 g/mol. The minimum Gasteiger partial charge on any atom is -0.399 e. The zero-order chi connectivity index (χ0) is 13.2. The molecule has 20 heavy (non-hydrogen) atoms. The number of amides is 1. The number of nitrogens with two attached hydrogens (primary N) is 1. The van der Waals surface area contributed by atoms with Crippen molar-refractivity contribution in [2.75, 3.05) is 5.73 Å². The van der Waals surface area contributed by atoms with Crippen LogP contribution in [-0.4, -0.2) is 15.5 Å². The van der Waals surface area contributed by atoms with Crippen molar-refractivity contribution in [2.24, 2.45) is 0 Å². The standard InChI is InChI=1S/C13H14N4OS.ClH/c14-9-4-5-10-8(6-9)2-1-3-11(10)15-13(18)12-7-19-17-16-12;/h4-7,11H,1-3,14H2,(H,15,18);1H. The minimum atomic E-state index is -0.163. The second kappa shape index (κ2) is 6.19. The molecule has 1 atom stereocenters. The van der Waals surface area contributed by atoms with Crippen molar-refractivity contribution in [1.29, 1.82) is 0 Å². The van der Waals surface area contributed by atoms with E-state index >= 15 is 0 Å². The Morgan fingerprint density at radius 3 is 3.05 bits per heavy atom. The Hall–Kier alpha value is -1.66. The van der Waals surface area contributed by atoms with Crippen molar-refractivity contribution < 1.29 is 4.79 Å². The molecule has 1 aliphatic rings. The Kier molecular flexibility index (Phi) is 4.57. The molecule has 0 aliphatic heterocycles. The number of benzene rings is 1. The van der Waals surface area contributed by atoms with E-state index in [0.717, 1.165) is 30.5 Å². The molecule has 0 saturated carbocycles. The van der Waals surface area contributed by atoms with Gasteiger partial charge in [0, 0.05) is 11.1 Å². The molecule has 1 aromatic heterocycles. The summed E-state index contributed by atoms with van der Waals surface area (Å²) in [5, 5.41) is 8.46. The SMILES string of the molecule is Cl.Nc1ccc2c(c1)CCCC2NC(=O)c1csnn1. The van der Waals surface area contributed by atoms with Gasteiger partial charge >= 0.3 is 0 Å². The maximum atomic E-state index is 12.0. The van der Waals surface area contributed by atoms with Gasteiger partial charge in [-0.15, -0.1) is 17.5 Å². The van der Waals surface area contributed by atoms with Crippen LogP contribution in [0.1, 0.15) is 40.5 Å². The number of rotatable bonds is 2. The van der Waals surface area contributed by atoms with Crippen LogP contribution < -0.4 is 11.1 Å². The van der Waals surface area contributed by atoms with Gasteiger partial charge < -0.3 is 11.1 Å². The zero-order valence-electron chi connectivity index (χ0n) is 10.7. The summed E-state index contributed by atoms with van der Waals surface area (Å²) in [6.07, 6.45) is 3.02. The number of nitrogens with zero attached hydrogens (tertiary/aromatic N) is 2. The van der Waals surface area contributed by atoms with E-state index in [1.165, 1.54) is 17.1 Å². The van der Waals surface area contributed by atoms with E-state index in [1.54, 1.807) is 5.38 Å². The first-order valence-electron chi connectivity index (χ1n) is 6.20. The first kappa shape index (κ1) is 14.7. The summed E-state index contributed by atoms with van der Waals surface area (Å²) in [6.45, 7) is 0. The van der Waals surface area contributed by atoms with Gasteiger partial charge in [0.15, 0.2) is 5.69 Å². The first-order valence-corrected chi connectivity index (χ1v) is 7.04. The van der Waals surface area contributed by atoms with E-state index in [-0.39, 0.29) is 24.4 Å². The Morgan fingerprint density at radius 1 is 1.45 bits per heavy atom. The highest BCUT2D eigenvalue weighted by molar-refractivity contribution is 7.03. The largest absolute Gasteiger partial charge is 0.399 e. The van der Waals surface area contributed by atoms with Gasteiger partial charge in [-0.3, -0.25) is 4.79 Å². The van der Waals surface area contributed by atoms with Crippen molar-refractivity contribution in [3.8, 4) is 0 Å². The van der Waals surface area contributed by atoms with Gasteiger partial charge in [0.25, 0.3) is 5.91 Å². The molecule has 2 aromatic rings. The van der Waals surface area contributed by atoms with Gasteiger partial charge in [-0.05, 0) is 54.1 Å². The fourth-order valence-corrected chi connectivity index (χ4v) is 2.92. The van der Waals surface area contributed by atoms with E-state index in [9.17, 15) is 4.79 Å². The van der Waals surface area contributed by atoms with Crippen LogP contribution in [0, 0.1) is 0 Å². The highest BCUT2D eigenvalue weighted by Crippen LogP contribution is 2.31. The number of anilines is 1. The molecule has 1 aliphatic carbocycles. The van der Waals surface area contributed by atoms with Gasteiger partial charge in [0.2, 0.25) is 0 Å². The summed E-state index contributed by atoms with van der Waals surface area (Å²) in [6, 6.07) is 5.93. The molecule has 0 saturated heterocycles. The Balaban J connectivity index is 0.00000147. The third kappa shape index (κ3) is 2.91. The third-order valence-corrected chi connectivity index (χ3v) is 3.88. The first-order chi connectivity index (χ1) is 9.24. The van der Waals surface area contributed by atoms with Crippen LogP contribution in [0.3, 0.4) is 0 Å². The number of nitrogens with one attached hydrogen (secondary N) is 1. The molecule has 0 fully saturated rings. The second-order valence-corrected chi connectivity index (χ2v) is 5.28. The van der Waals surface area contributed by atoms with E-state index < -0.39 is 0 Å². The lowest BCUT2D eigenvalue weighted by Crippen LogP contribution is -2.31. The molecule has 106 valence electrons. The van der Waals surface area contributed by atoms with Gasteiger partial charge in [0.1, 0.15) is 0 Å². The summed E-state index contributed by atoms with van der Waals surface area (Å²) in [7, 11) is 0. The number of carbonyl (C=O) groups is 1. The van der Waals surface area contributed by atoms with Crippen molar-refractivity contribution in [3.63, 3.8) is 0 Å². The lowest BCUT2D eigenvalue weighted by atomic mass is 9.87. The quantitative estimate of drug-likeness (QED) is 0.834. The Labute approximate surface area is 127 Å². The van der Waals surface area contributed by atoms with Gasteiger partial charge in [-0.1, -0.05) is 10.6 Å². The fourth-order valence-electron chi connectivity index (χ4n) is 2.48. The van der Waals surface area contributed by atoms with E-state index in [1.807, 2.05) is 18.2 Å². The summed E-state index contributed by atoms with van der Waals surface area (Å²) in [5.74, 6) is -0.163. The number of fused-ring (bicyclic) bond motifs is 1. The molecule has 5 nitrogen and oxygen atoms in total. The minimum absolute atomic E-state index is 0. The Morgan fingerprint density at radius 2 is 2.30 bits per heavy atom. The fraction of sp³-hybridized carbons (Fsp3) is 0.308. The Bertz CT molecular complexity index is 602. The average Bonchev–Trinajstić information content (AvgIpc) is 2.92. The third-order valence-electron chi connectivity index (χ3n) is 3.38. The van der Waals surface area contributed by atoms with E-state index in [2.05, 4.69) is 14.9 Å². The molecule has 1 amide bonds. The summed E-state index contributed by atoms with van der Waals surface area (Å²) >= 11 is 1.18. The molecule has 0 bridgehead atoms. The molecule has 1 unspecified atom stereocenters. The molecule has 3 N–H and O–H groups in total. The second-order valence-electron chi connectivity index (χ2n) is 4.67. The number of aryl methyl sites for hydroxylation is 1. The van der Waals surface area contributed by atoms with E-state index in [4.69, 9.17) is 5.73 Å². The van der Waals surface area contributed by atoms with Crippen LogP contribution in [0.15, 0.2) is 23.6 Å². The highest BCUT2D eigenvalue weighted by atomic mass is 35.5. The molecule has 1 heterocycles. The molecule has 0 spiro atoms. The van der Waals surface area contributed by atoms with Crippen LogP contribution in [0.2, 0.25) is 0 Å². The smallest absolute Gasteiger partial charge is 0.273 e.